The molecular weight excluding hydrogens is 304 g/mol. The molecule has 12 heteroatoms. The molecule has 0 saturated heterocycles. The lowest BCUT2D eigenvalue weighted by Crippen LogP contribution is -2.52. The Hall–Kier alpha value is -2.01. The minimum absolute atomic E-state index is 0.902. The van der Waals surface area contributed by atoms with Crippen molar-refractivity contribution in [3.8, 4) is 0 Å². The van der Waals surface area contributed by atoms with Gasteiger partial charge in [0.2, 0.25) is 11.8 Å². The fourth-order valence-corrected chi connectivity index (χ4v) is 1.11. The van der Waals surface area contributed by atoms with Crippen LogP contribution in [0.5, 0.6) is 0 Å². The average Bonchev–Trinajstić information content (AvgIpc) is 2.09. The fraction of sp³-hybridized carbons (Fsp3) is 0.625. The summed E-state index contributed by atoms with van der Waals surface area (Å²) in [5, 5.41) is 17.6. The van der Waals surface area contributed by atoms with Gasteiger partial charge in [0.1, 0.15) is 6.04 Å². The lowest BCUT2D eigenvalue weighted by Gasteiger charge is -2.23. The summed E-state index contributed by atoms with van der Waals surface area (Å²) in [7, 11) is 0. The second-order valence-corrected chi connectivity index (χ2v) is 3.51. The van der Waals surface area contributed by atoms with Crippen LogP contribution in [0.25, 0.3) is 0 Å². The number of amides is 1. The van der Waals surface area contributed by atoms with Gasteiger partial charge in [-0.2, -0.15) is 26.3 Å². The average molecular weight is 311 g/mol. The van der Waals surface area contributed by atoms with Crippen molar-refractivity contribution in [1.82, 2.24) is 5.32 Å². The van der Waals surface area contributed by atoms with Crippen molar-refractivity contribution in [2.75, 3.05) is 0 Å². The maximum atomic E-state index is 12.1. The fourth-order valence-electron chi connectivity index (χ4n) is 1.11. The first kappa shape index (κ1) is 18.0. The summed E-state index contributed by atoms with van der Waals surface area (Å²) in [4.78, 5) is 31.6. The van der Waals surface area contributed by atoms with E-state index in [2.05, 4.69) is 0 Å². The topological polar surface area (TPSA) is 104 Å². The van der Waals surface area contributed by atoms with Gasteiger partial charge in [-0.1, -0.05) is 0 Å². The maximum Gasteiger partial charge on any atom is 0.409 e. The molecule has 0 aliphatic heterocycles. The summed E-state index contributed by atoms with van der Waals surface area (Å²) in [5.41, 5.74) is 0. The first-order valence-corrected chi connectivity index (χ1v) is 4.65. The molecular formula is C8H7F6NO5. The second-order valence-electron chi connectivity index (χ2n) is 3.51. The van der Waals surface area contributed by atoms with Gasteiger partial charge in [0, 0.05) is 0 Å². The monoisotopic (exact) mass is 311 g/mol. The van der Waals surface area contributed by atoms with Crippen LogP contribution in [0.4, 0.5) is 26.3 Å². The molecule has 0 aliphatic carbocycles. The van der Waals surface area contributed by atoms with Gasteiger partial charge < -0.3 is 15.5 Å². The van der Waals surface area contributed by atoms with E-state index in [-0.39, 0.29) is 0 Å². The molecule has 0 fully saturated rings. The molecule has 116 valence electrons. The number of alkyl halides is 6. The van der Waals surface area contributed by atoms with E-state index in [1.54, 1.807) is 0 Å². The van der Waals surface area contributed by atoms with Gasteiger partial charge in [-0.25, -0.2) is 4.79 Å². The Bertz CT molecular complexity index is 389. The number of aliphatic carboxylic acids is 2. The van der Waals surface area contributed by atoms with E-state index >= 15 is 0 Å². The van der Waals surface area contributed by atoms with E-state index in [9.17, 15) is 40.7 Å². The minimum atomic E-state index is -5.99. The summed E-state index contributed by atoms with van der Waals surface area (Å²) >= 11 is 0. The van der Waals surface area contributed by atoms with Crippen molar-refractivity contribution in [3.05, 3.63) is 0 Å². The quantitative estimate of drug-likeness (QED) is 0.651. The molecule has 0 aromatic carbocycles. The largest absolute Gasteiger partial charge is 0.481 e. The van der Waals surface area contributed by atoms with Crippen LogP contribution in [0.15, 0.2) is 0 Å². The Morgan fingerprint density at radius 1 is 0.950 bits per heavy atom. The number of carbonyl (C=O) groups is 3. The van der Waals surface area contributed by atoms with Gasteiger partial charge in [-0.15, -0.1) is 0 Å². The van der Waals surface area contributed by atoms with Crippen LogP contribution in [-0.4, -0.2) is 46.5 Å². The zero-order valence-electron chi connectivity index (χ0n) is 9.25. The van der Waals surface area contributed by atoms with Gasteiger partial charge >= 0.3 is 24.3 Å². The number of carboxylic acids is 2. The molecule has 0 aromatic rings. The van der Waals surface area contributed by atoms with Crippen molar-refractivity contribution in [1.29, 1.82) is 0 Å². The minimum Gasteiger partial charge on any atom is -0.481 e. The summed E-state index contributed by atoms with van der Waals surface area (Å²) in [6.07, 6.45) is -13.4. The van der Waals surface area contributed by atoms with E-state index in [4.69, 9.17) is 10.2 Å². The van der Waals surface area contributed by atoms with E-state index in [1.807, 2.05) is 0 Å². The van der Waals surface area contributed by atoms with Gasteiger partial charge in [0.25, 0.3) is 0 Å². The normalized spacial score (nSPS) is 13.9. The Labute approximate surface area is 106 Å². The highest BCUT2D eigenvalue weighted by Crippen LogP contribution is 2.39. The van der Waals surface area contributed by atoms with Crippen molar-refractivity contribution in [2.24, 2.45) is 5.92 Å². The third-order valence-corrected chi connectivity index (χ3v) is 1.91. The molecule has 0 aliphatic rings. The van der Waals surface area contributed by atoms with E-state index in [1.165, 1.54) is 0 Å². The number of hydrogen-bond donors (Lipinski definition) is 3. The molecule has 20 heavy (non-hydrogen) atoms. The second kappa shape index (κ2) is 5.96. The van der Waals surface area contributed by atoms with Gasteiger partial charge in [0.15, 0.2) is 0 Å². The SMILES string of the molecule is O=C(O)C[C@@H](NC(=O)C(C(F)(F)F)C(F)(F)F)C(=O)O. The number of halogens is 6. The van der Waals surface area contributed by atoms with Crippen molar-refractivity contribution in [3.63, 3.8) is 0 Å². The van der Waals surface area contributed by atoms with Crippen LogP contribution in [0, 0.1) is 5.92 Å². The molecule has 0 heterocycles. The zero-order chi connectivity index (χ0) is 16.3. The predicted octanol–water partition coefficient (Wildman–Crippen LogP) is 0.771. The molecule has 1 amide bonds. The van der Waals surface area contributed by atoms with E-state index in [0.717, 1.165) is 5.32 Å². The molecule has 0 bridgehead atoms. The number of hydrogen-bond acceptors (Lipinski definition) is 3. The molecule has 0 saturated carbocycles. The van der Waals surface area contributed by atoms with Gasteiger partial charge in [-0.05, 0) is 0 Å². The number of nitrogens with one attached hydrogen (secondary N) is 1. The predicted molar refractivity (Wildman–Crippen MR) is 47.4 cm³/mol. The van der Waals surface area contributed by atoms with Crippen molar-refractivity contribution in [2.45, 2.75) is 24.8 Å². The number of rotatable bonds is 5. The number of carboxylic acid groups (broad SMARTS) is 2. The highest BCUT2D eigenvalue weighted by Gasteiger charge is 2.61. The smallest absolute Gasteiger partial charge is 0.409 e. The third-order valence-electron chi connectivity index (χ3n) is 1.91. The Balaban J connectivity index is 5.19. The number of carbonyl (C=O) groups excluding carboxylic acids is 1. The van der Waals surface area contributed by atoms with E-state index < -0.39 is 48.6 Å². The molecule has 0 rings (SSSR count). The molecule has 3 N–H and O–H groups in total. The maximum absolute atomic E-state index is 12.1. The van der Waals surface area contributed by atoms with Crippen LogP contribution in [-0.2, 0) is 14.4 Å². The lowest BCUT2D eigenvalue weighted by atomic mass is 10.1. The van der Waals surface area contributed by atoms with Crippen LogP contribution < -0.4 is 5.32 Å². The highest BCUT2D eigenvalue weighted by molar-refractivity contribution is 5.88. The highest BCUT2D eigenvalue weighted by atomic mass is 19.4. The third kappa shape index (κ3) is 5.32. The van der Waals surface area contributed by atoms with Gasteiger partial charge in [0.05, 0.1) is 6.42 Å². The summed E-state index contributed by atoms with van der Waals surface area (Å²) in [6.45, 7) is 0. The van der Waals surface area contributed by atoms with Crippen LogP contribution >= 0.6 is 0 Å². The molecule has 0 radical (unpaired) electrons. The molecule has 0 spiro atoms. The first-order valence-electron chi connectivity index (χ1n) is 4.65. The van der Waals surface area contributed by atoms with Crippen molar-refractivity contribution >= 4 is 17.8 Å². The molecule has 1 atom stereocenters. The molecule has 6 nitrogen and oxygen atoms in total. The first-order chi connectivity index (χ1) is 8.76. The molecule has 0 unspecified atom stereocenters. The lowest BCUT2D eigenvalue weighted by molar-refractivity contribution is -0.274. The Morgan fingerprint density at radius 3 is 1.60 bits per heavy atom. The summed E-state index contributed by atoms with van der Waals surface area (Å²) in [6, 6.07) is -2.41. The summed E-state index contributed by atoms with van der Waals surface area (Å²) in [5.74, 6) is -11.0. The van der Waals surface area contributed by atoms with Crippen LogP contribution in [0.3, 0.4) is 0 Å². The van der Waals surface area contributed by atoms with Crippen LogP contribution in [0.1, 0.15) is 6.42 Å². The van der Waals surface area contributed by atoms with Crippen molar-refractivity contribution < 1.29 is 50.9 Å². The summed E-state index contributed by atoms with van der Waals surface area (Å²) < 4.78 is 72.8. The Kier molecular flexibility index (Phi) is 5.36. The zero-order valence-corrected chi connectivity index (χ0v) is 9.25. The van der Waals surface area contributed by atoms with Crippen LogP contribution in [0.2, 0.25) is 0 Å². The van der Waals surface area contributed by atoms with Gasteiger partial charge in [-0.3, -0.25) is 9.59 Å². The molecule has 0 aromatic heterocycles. The van der Waals surface area contributed by atoms with E-state index in [0.29, 0.717) is 0 Å². The Morgan fingerprint density at radius 2 is 1.35 bits per heavy atom. The standard InChI is InChI=1S/C8H7F6NO5/c9-7(10,11)4(8(12,13)14)5(18)15-2(6(19)20)1-3(16)17/h2,4H,1H2,(H,15,18)(H,16,17)(H,19,20)/t2-/m1/s1.